The average Bonchev–Trinajstić information content (AvgIpc) is 3.08. The standard InChI is InChI=1S/C17H30N2O/c18-19-16(15-9-13-8-14(13)10-15)12-4-7-20-17(11-12)5-2-1-3-6-17/h12-16,19H,1-11,18H2. The summed E-state index contributed by atoms with van der Waals surface area (Å²) in [5.41, 5.74) is 3.44. The Bertz CT molecular complexity index is 337. The van der Waals surface area contributed by atoms with Gasteiger partial charge in [0.1, 0.15) is 0 Å². The van der Waals surface area contributed by atoms with E-state index in [0.717, 1.165) is 30.3 Å². The first kappa shape index (κ1) is 13.5. The van der Waals surface area contributed by atoms with E-state index in [9.17, 15) is 0 Å². The molecule has 4 rings (SSSR count). The van der Waals surface area contributed by atoms with Gasteiger partial charge in [-0.15, -0.1) is 0 Å². The molecule has 0 bridgehead atoms. The highest BCUT2D eigenvalue weighted by molar-refractivity contribution is 5.02. The van der Waals surface area contributed by atoms with E-state index in [1.807, 2.05) is 0 Å². The number of nitrogens with two attached hydrogens (primary N) is 1. The second kappa shape index (κ2) is 5.26. The molecule has 20 heavy (non-hydrogen) atoms. The van der Waals surface area contributed by atoms with Crippen LogP contribution in [0.1, 0.15) is 64.2 Å². The monoisotopic (exact) mass is 278 g/mol. The van der Waals surface area contributed by atoms with Gasteiger partial charge in [-0.3, -0.25) is 11.3 Å². The first-order valence-electron chi connectivity index (χ1n) is 8.90. The van der Waals surface area contributed by atoms with Crippen LogP contribution in [-0.2, 0) is 4.74 Å². The van der Waals surface area contributed by atoms with Crippen molar-refractivity contribution in [3.8, 4) is 0 Å². The van der Waals surface area contributed by atoms with E-state index in [1.165, 1.54) is 64.2 Å². The van der Waals surface area contributed by atoms with Crippen LogP contribution in [0.15, 0.2) is 0 Å². The van der Waals surface area contributed by atoms with Crippen LogP contribution in [0, 0.1) is 23.7 Å². The normalized spacial score (nSPS) is 44.2. The van der Waals surface area contributed by atoms with Gasteiger partial charge in [-0.05, 0) is 68.6 Å². The summed E-state index contributed by atoms with van der Waals surface area (Å²) in [5.74, 6) is 9.67. The molecule has 3 nitrogen and oxygen atoms in total. The van der Waals surface area contributed by atoms with Crippen molar-refractivity contribution in [1.29, 1.82) is 0 Å². The smallest absolute Gasteiger partial charge is 0.0685 e. The zero-order valence-corrected chi connectivity index (χ0v) is 12.7. The number of hydrogen-bond donors (Lipinski definition) is 2. The zero-order valence-electron chi connectivity index (χ0n) is 12.7. The molecule has 1 aliphatic heterocycles. The largest absolute Gasteiger partial charge is 0.375 e. The van der Waals surface area contributed by atoms with Crippen molar-refractivity contribution >= 4 is 0 Å². The SMILES string of the molecule is NNC(C1CC2CC2C1)C1CCOC2(CCCCC2)C1. The highest BCUT2D eigenvalue weighted by Gasteiger charge is 2.50. The van der Waals surface area contributed by atoms with E-state index in [4.69, 9.17) is 10.6 Å². The molecule has 4 unspecified atom stereocenters. The maximum absolute atomic E-state index is 6.26. The van der Waals surface area contributed by atoms with Crippen molar-refractivity contribution in [1.82, 2.24) is 5.43 Å². The van der Waals surface area contributed by atoms with Crippen molar-refractivity contribution in [2.75, 3.05) is 6.61 Å². The lowest BCUT2D eigenvalue weighted by atomic mass is 9.71. The molecule has 3 N–H and O–H groups in total. The fourth-order valence-electron chi connectivity index (χ4n) is 5.63. The second-order valence-corrected chi connectivity index (χ2v) is 8.02. The Labute approximate surface area is 123 Å². The van der Waals surface area contributed by atoms with Crippen molar-refractivity contribution in [2.24, 2.45) is 29.5 Å². The van der Waals surface area contributed by atoms with Crippen LogP contribution in [0.2, 0.25) is 0 Å². The van der Waals surface area contributed by atoms with Crippen LogP contribution in [0.3, 0.4) is 0 Å². The van der Waals surface area contributed by atoms with Crippen LogP contribution in [0.4, 0.5) is 0 Å². The van der Waals surface area contributed by atoms with Gasteiger partial charge in [0.15, 0.2) is 0 Å². The summed E-state index contributed by atoms with van der Waals surface area (Å²) in [6, 6.07) is 0.547. The quantitative estimate of drug-likeness (QED) is 0.616. The minimum absolute atomic E-state index is 0.220. The summed E-state index contributed by atoms with van der Waals surface area (Å²) in [7, 11) is 0. The number of ether oxygens (including phenoxy) is 1. The molecular formula is C17H30N2O. The van der Waals surface area contributed by atoms with Gasteiger partial charge < -0.3 is 4.74 Å². The minimum Gasteiger partial charge on any atom is -0.375 e. The number of fused-ring (bicyclic) bond motifs is 1. The molecule has 0 amide bonds. The van der Waals surface area contributed by atoms with E-state index in [2.05, 4.69) is 5.43 Å². The molecule has 0 aromatic heterocycles. The Morgan fingerprint density at radius 3 is 2.45 bits per heavy atom. The van der Waals surface area contributed by atoms with Crippen LogP contribution in [0.25, 0.3) is 0 Å². The summed E-state index contributed by atoms with van der Waals surface area (Å²) >= 11 is 0. The summed E-state index contributed by atoms with van der Waals surface area (Å²) in [6.07, 6.45) is 13.5. The van der Waals surface area contributed by atoms with E-state index >= 15 is 0 Å². The van der Waals surface area contributed by atoms with Gasteiger partial charge in [-0.25, -0.2) is 0 Å². The number of hydrogen-bond acceptors (Lipinski definition) is 3. The van der Waals surface area contributed by atoms with Crippen LogP contribution in [0.5, 0.6) is 0 Å². The lowest BCUT2D eigenvalue weighted by Crippen LogP contribution is -2.52. The van der Waals surface area contributed by atoms with Crippen LogP contribution in [-0.4, -0.2) is 18.2 Å². The minimum atomic E-state index is 0.220. The first-order chi connectivity index (χ1) is 9.80. The highest BCUT2D eigenvalue weighted by Crippen LogP contribution is 2.56. The maximum atomic E-state index is 6.26. The molecule has 1 heterocycles. The van der Waals surface area contributed by atoms with E-state index < -0.39 is 0 Å². The fourth-order valence-corrected chi connectivity index (χ4v) is 5.63. The summed E-state index contributed by atoms with van der Waals surface area (Å²) in [4.78, 5) is 0. The molecule has 1 saturated heterocycles. The molecule has 3 saturated carbocycles. The molecular weight excluding hydrogens is 248 g/mol. The average molecular weight is 278 g/mol. The van der Waals surface area contributed by atoms with Gasteiger partial charge in [-0.2, -0.15) is 0 Å². The van der Waals surface area contributed by atoms with Gasteiger partial charge in [-0.1, -0.05) is 19.3 Å². The molecule has 1 spiro atoms. The number of rotatable bonds is 3. The third-order valence-electron chi connectivity index (χ3n) is 6.78. The lowest BCUT2D eigenvalue weighted by molar-refractivity contribution is -0.124. The Balaban J connectivity index is 1.43. The van der Waals surface area contributed by atoms with E-state index in [1.54, 1.807) is 0 Å². The second-order valence-electron chi connectivity index (χ2n) is 8.02. The Hall–Kier alpha value is -0.120. The number of hydrazine groups is 1. The van der Waals surface area contributed by atoms with Crippen LogP contribution >= 0.6 is 0 Å². The molecule has 4 fully saturated rings. The van der Waals surface area contributed by atoms with Gasteiger partial charge in [0.25, 0.3) is 0 Å². The van der Waals surface area contributed by atoms with E-state index in [-0.39, 0.29) is 5.60 Å². The molecule has 4 aliphatic rings. The molecule has 3 aliphatic carbocycles. The van der Waals surface area contributed by atoms with Crippen LogP contribution < -0.4 is 11.3 Å². The summed E-state index contributed by atoms with van der Waals surface area (Å²) < 4.78 is 6.26. The Morgan fingerprint density at radius 2 is 1.75 bits per heavy atom. The zero-order chi connectivity index (χ0) is 13.6. The predicted octanol–water partition coefficient (Wildman–Crippen LogP) is 2.99. The number of nitrogens with one attached hydrogen (secondary N) is 1. The Morgan fingerprint density at radius 1 is 1.00 bits per heavy atom. The van der Waals surface area contributed by atoms with Gasteiger partial charge >= 0.3 is 0 Å². The summed E-state index contributed by atoms with van der Waals surface area (Å²) in [5, 5.41) is 0. The lowest BCUT2D eigenvalue weighted by Gasteiger charge is -2.46. The predicted molar refractivity (Wildman–Crippen MR) is 79.9 cm³/mol. The first-order valence-corrected chi connectivity index (χ1v) is 8.90. The molecule has 0 aromatic rings. The highest BCUT2D eigenvalue weighted by atomic mass is 16.5. The molecule has 0 aromatic carbocycles. The molecule has 114 valence electrons. The summed E-state index contributed by atoms with van der Waals surface area (Å²) in [6.45, 7) is 0.961. The fraction of sp³-hybridized carbons (Fsp3) is 1.00. The molecule has 3 heteroatoms. The van der Waals surface area contributed by atoms with Gasteiger partial charge in [0.2, 0.25) is 0 Å². The van der Waals surface area contributed by atoms with Crippen molar-refractivity contribution < 1.29 is 4.74 Å². The third kappa shape index (κ3) is 2.42. The van der Waals surface area contributed by atoms with Crippen molar-refractivity contribution in [3.63, 3.8) is 0 Å². The third-order valence-corrected chi connectivity index (χ3v) is 6.78. The van der Waals surface area contributed by atoms with E-state index in [0.29, 0.717) is 6.04 Å². The van der Waals surface area contributed by atoms with Crippen molar-refractivity contribution in [3.05, 3.63) is 0 Å². The van der Waals surface area contributed by atoms with Gasteiger partial charge in [0.05, 0.1) is 5.60 Å². The maximum Gasteiger partial charge on any atom is 0.0685 e. The molecule has 0 radical (unpaired) electrons. The van der Waals surface area contributed by atoms with Gasteiger partial charge in [0, 0.05) is 12.6 Å². The topological polar surface area (TPSA) is 47.3 Å². The molecule has 4 atom stereocenters. The Kier molecular flexibility index (Phi) is 3.56. The van der Waals surface area contributed by atoms with Crippen molar-refractivity contribution in [2.45, 2.75) is 75.9 Å².